The van der Waals surface area contributed by atoms with Gasteiger partial charge in [0, 0.05) is 12.4 Å². The highest BCUT2D eigenvalue weighted by Gasteiger charge is 2.30. The number of pyridine rings is 1. The highest BCUT2D eigenvalue weighted by atomic mass is 32.2. The highest BCUT2D eigenvalue weighted by Crippen LogP contribution is 2.17. The zero-order valence-corrected chi connectivity index (χ0v) is 15.6. The molecule has 0 spiro atoms. The Morgan fingerprint density at radius 3 is 2.38 bits per heavy atom. The van der Waals surface area contributed by atoms with Crippen molar-refractivity contribution in [3.63, 3.8) is 0 Å². The molecule has 8 heteroatoms. The van der Waals surface area contributed by atoms with Gasteiger partial charge in [-0.15, -0.1) is 0 Å². The minimum absolute atomic E-state index is 0.336. The summed E-state index contributed by atoms with van der Waals surface area (Å²) >= 11 is 0. The fraction of sp³-hybridized carbons (Fsp3) is 0.333. The van der Waals surface area contributed by atoms with Crippen LogP contribution in [-0.2, 0) is 14.8 Å². The molecule has 2 atom stereocenters. The van der Waals surface area contributed by atoms with E-state index < -0.39 is 32.7 Å². The van der Waals surface area contributed by atoms with Gasteiger partial charge in [-0.2, -0.15) is 4.72 Å². The molecule has 2 N–H and O–H groups in total. The van der Waals surface area contributed by atoms with Crippen molar-refractivity contribution < 1.29 is 17.6 Å². The van der Waals surface area contributed by atoms with E-state index in [2.05, 4.69) is 15.0 Å². The van der Waals surface area contributed by atoms with Gasteiger partial charge in [-0.1, -0.05) is 32.0 Å². The normalized spacial score (nSPS) is 14.0. The third-order valence-corrected chi connectivity index (χ3v) is 5.37. The predicted octanol–water partition coefficient (Wildman–Crippen LogP) is 2.40. The maximum atomic E-state index is 13.8. The lowest BCUT2D eigenvalue weighted by Gasteiger charge is -2.24. The third-order valence-electron chi connectivity index (χ3n) is 3.90. The molecule has 2 aromatic rings. The van der Waals surface area contributed by atoms with E-state index in [-0.39, 0.29) is 12.0 Å². The number of hydrogen-bond donors (Lipinski definition) is 2. The minimum Gasteiger partial charge on any atom is -0.348 e. The average Bonchev–Trinajstić information content (AvgIpc) is 2.60. The average molecular weight is 379 g/mol. The Balaban J connectivity index is 2.18. The van der Waals surface area contributed by atoms with Crippen LogP contribution in [0.25, 0.3) is 0 Å². The van der Waals surface area contributed by atoms with E-state index >= 15 is 0 Å². The predicted molar refractivity (Wildman–Crippen MR) is 96.1 cm³/mol. The first-order chi connectivity index (χ1) is 12.2. The first kappa shape index (κ1) is 20.0. The van der Waals surface area contributed by atoms with Crippen LogP contribution in [0.15, 0.2) is 53.7 Å². The molecule has 0 aliphatic heterocycles. The Bertz CT molecular complexity index is 857. The quantitative estimate of drug-likeness (QED) is 0.773. The first-order valence-corrected chi connectivity index (χ1v) is 9.68. The molecule has 0 fully saturated rings. The molecule has 0 radical (unpaired) electrons. The maximum Gasteiger partial charge on any atom is 0.244 e. The summed E-state index contributed by atoms with van der Waals surface area (Å²) in [5.41, 5.74) is 0.792. The molecule has 0 aliphatic rings. The Kier molecular flexibility index (Phi) is 6.44. The summed E-state index contributed by atoms with van der Waals surface area (Å²) in [6, 6.07) is 7.21. The van der Waals surface area contributed by atoms with Crippen molar-refractivity contribution >= 4 is 15.9 Å². The number of hydrogen-bond acceptors (Lipinski definition) is 4. The van der Waals surface area contributed by atoms with E-state index in [9.17, 15) is 17.6 Å². The van der Waals surface area contributed by atoms with E-state index in [1.54, 1.807) is 39.2 Å². The number of nitrogens with zero attached hydrogens (tertiary/aromatic N) is 1. The van der Waals surface area contributed by atoms with Crippen LogP contribution < -0.4 is 10.0 Å². The van der Waals surface area contributed by atoms with Crippen LogP contribution in [0.3, 0.4) is 0 Å². The minimum atomic E-state index is -4.18. The zero-order valence-electron chi connectivity index (χ0n) is 14.8. The summed E-state index contributed by atoms with van der Waals surface area (Å²) in [7, 11) is -4.18. The highest BCUT2D eigenvalue weighted by molar-refractivity contribution is 7.89. The summed E-state index contributed by atoms with van der Waals surface area (Å²) in [5, 5.41) is 2.77. The molecule has 1 unspecified atom stereocenters. The Morgan fingerprint density at radius 1 is 1.12 bits per heavy atom. The van der Waals surface area contributed by atoms with E-state index in [1.807, 2.05) is 6.07 Å². The number of benzene rings is 1. The second kappa shape index (κ2) is 8.37. The number of nitrogens with one attached hydrogen (secondary N) is 2. The number of halogens is 1. The van der Waals surface area contributed by atoms with Crippen LogP contribution in [-0.4, -0.2) is 25.4 Å². The van der Waals surface area contributed by atoms with Gasteiger partial charge in [0.25, 0.3) is 0 Å². The number of rotatable bonds is 7. The summed E-state index contributed by atoms with van der Waals surface area (Å²) in [6.45, 7) is 5.20. The summed E-state index contributed by atoms with van der Waals surface area (Å²) < 4.78 is 41.1. The molecule has 26 heavy (non-hydrogen) atoms. The van der Waals surface area contributed by atoms with Gasteiger partial charge in [0.15, 0.2) is 0 Å². The molecular formula is C18H22FN3O3S. The van der Waals surface area contributed by atoms with Crippen molar-refractivity contribution in [3.8, 4) is 0 Å². The van der Waals surface area contributed by atoms with Crippen LogP contribution in [0, 0.1) is 11.7 Å². The van der Waals surface area contributed by atoms with Gasteiger partial charge in [0.1, 0.15) is 16.8 Å². The SMILES string of the molecule is CC(NC(=O)[C@@H](NS(=O)(=O)c1ccccc1F)C(C)C)c1cccnc1. The third kappa shape index (κ3) is 4.86. The second-order valence-corrected chi connectivity index (χ2v) is 7.97. The van der Waals surface area contributed by atoms with E-state index in [1.165, 1.54) is 12.1 Å². The van der Waals surface area contributed by atoms with Crippen LogP contribution in [0.4, 0.5) is 4.39 Å². The maximum absolute atomic E-state index is 13.8. The van der Waals surface area contributed by atoms with Gasteiger partial charge in [0.05, 0.1) is 6.04 Å². The molecule has 140 valence electrons. The molecule has 0 bridgehead atoms. The van der Waals surface area contributed by atoms with Gasteiger partial charge in [-0.05, 0) is 36.6 Å². The van der Waals surface area contributed by atoms with E-state index in [4.69, 9.17) is 0 Å². The Hall–Kier alpha value is -2.32. The van der Waals surface area contributed by atoms with Crippen LogP contribution in [0.1, 0.15) is 32.4 Å². The Labute approximate surface area is 152 Å². The lowest BCUT2D eigenvalue weighted by Crippen LogP contribution is -2.50. The molecule has 0 saturated heterocycles. The van der Waals surface area contributed by atoms with Gasteiger partial charge < -0.3 is 5.32 Å². The molecule has 2 rings (SSSR count). The van der Waals surface area contributed by atoms with Crippen molar-refractivity contribution in [2.75, 3.05) is 0 Å². The van der Waals surface area contributed by atoms with Crippen LogP contribution >= 0.6 is 0 Å². The number of carbonyl (C=O) groups excluding carboxylic acids is 1. The number of amides is 1. The summed E-state index contributed by atoms with van der Waals surface area (Å²) in [6.07, 6.45) is 3.25. The second-order valence-electron chi connectivity index (χ2n) is 6.29. The fourth-order valence-electron chi connectivity index (χ4n) is 2.40. The van der Waals surface area contributed by atoms with Crippen molar-refractivity contribution in [3.05, 3.63) is 60.2 Å². The summed E-state index contributed by atoms with van der Waals surface area (Å²) in [4.78, 5) is 16.1. The number of aromatic nitrogens is 1. The molecule has 0 saturated carbocycles. The molecule has 1 aromatic heterocycles. The zero-order chi connectivity index (χ0) is 19.3. The molecule has 0 aliphatic carbocycles. The standard InChI is InChI=1S/C18H22FN3O3S/c1-12(2)17(18(23)21-13(3)14-7-6-10-20-11-14)22-26(24,25)16-9-5-4-8-15(16)19/h4-13,17,22H,1-3H3,(H,21,23)/t13?,17-/m0/s1. The van der Waals surface area contributed by atoms with Crippen molar-refractivity contribution in [1.29, 1.82) is 0 Å². The number of sulfonamides is 1. The molecule has 1 aromatic carbocycles. The van der Waals surface area contributed by atoms with Crippen LogP contribution in [0.5, 0.6) is 0 Å². The van der Waals surface area contributed by atoms with Crippen molar-refractivity contribution in [1.82, 2.24) is 15.0 Å². The monoisotopic (exact) mass is 379 g/mol. The fourth-order valence-corrected chi connectivity index (χ4v) is 3.83. The van der Waals surface area contributed by atoms with Crippen molar-refractivity contribution in [2.45, 2.75) is 37.8 Å². The van der Waals surface area contributed by atoms with Gasteiger partial charge in [-0.3, -0.25) is 9.78 Å². The van der Waals surface area contributed by atoms with Gasteiger partial charge >= 0.3 is 0 Å². The number of carbonyl (C=O) groups is 1. The van der Waals surface area contributed by atoms with Crippen molar-refractivity contribution in [2.24, 2.45) is 5.92 Å². The topological polar surface area (TPSA) is 88.2 Å². The van der Waals surface area contributed by atoms with E-state index in [0.717, 1.165) is 17.7 Å². The smallest absolute Gasteiger partial charge is 0.244 e. The lowest BCUT2D eigenvalue weighted by molar-refractivity contribution is -0.124. The first-order valence-electron chi connectivity index (χ1n) is 8.19. The largest absolute Gasteiger partial charge is 0.348 e. The molecule has 1 amide bonds. The van der Waals surface area contributed by atoms with Crippen LogP contribution in [0.2, 0.25) is 0 Å². The lowest BCUT2D eigenvalue weighted by atomic mass is 10.0. The molecule has 6 nitrogen and oxygen atoms in total. The van der Waals surface area contributed by atoms with Gasteiger partial charge in [0.2, 0.25) is 15.9 Å². The van der Waals surface area contributed by atoms with E-state index in [0.29, 0.717) is 0 Å². The summed E-state index contributed by atoms with van der Waals surface area (Å²) in [5.74, 6) is -1.69. The molecular weight excluding hydrogens is 357 g/mol. The molecule has 1 heterocycles. The van der Waals surface area contributed by atoms with Gasteiger partial charge in [-0.25, -0.2) is 12.8 Å². The Morgan fingerprint density at radius 2 is 1.81 bits per heavy atom.